The van der Waals surface area contributed by atoms with E-state index in [2.05, 4.69) is 22.2 Å². The molecule has 18 heavy (non-hydrogen) atoms. The number of nitrogens with zero attached hydrogens (tertiary/aromatic N) is 2. The Bertz CT molecular complexity index is 511. The van der Waals surface area contributed by atoms with E-state index in [1.54, 1.807) is 19.5 Å². The molecule has 1 aromatic carbocycles. The van der Waals surface area contributed by atoms with E-state index >= 15 is 0 Å². The van der Waals surface area contributed by atoms with Gasteiger partial charge in [0.05, 0.1) is 18.8 Å². The highest BCUT2D eigenvalue weighted by Gasteiger charge is 2.08. The Hall–Kier alpha value is -2.10. The predicted octanol–water partition coefficient (Wildman–Crippen LogP) is 2.97. The Labute approximate surface area is 107 Å². The SMILES string of the molecule is COc1ccc(C(C)Nc2nccnc2C)cc1. The fourth-order valence-electron chi connectivity index (χ4n) is 1.73. The lowest BCUT2D eigenvalue weighted by atomic mass is 10.1. The van der Waals surface area contributed by atoms with E-state index < -0.39 is 0 Å². The van der Waals surface area contributed by atoms with Crippen LogP contribution in [0.25, 0.3) is 0 Å². The van der Waals surface area contributed by atoms with Crippen LogP contribution in [0.1, 0.15) is 24.2 Å². The van der Waals surface area contributed by atoms with Gasteiger partial charge in [-0.1, -0.05) is 12.1 Å². The van der Waals surface area contributed by atoms with Gasteiger partial charge in [0.15, 0.2) is 0 Å². The number of hydrogen-bond donors (Lipinski definition) is 1. The van der Waals surface area contributed by atoms with E-state index in [9.17, 15) is 0 Å². The minimum atomic E-state index is 0.173. The molecular formula is C14H17N3O. The molecule has 0 amide bonds. The van der Waals surface area contributed by atoms with Crippen LogP contribution in [-0.2, 0) is 0 Å². The third-order valence-electron chi connectivity index (χ3n) is 2.85. The van der Waals surface area contributed by atoms with Crippen LogP contribution in [-0.4, -0.2) is 17.1 Å². The zero-order valence-electron chi connectivity index (χ0n) is 10.8. The smallest absolute Gasteiger partial charge is 0.147 e. The van der Waals surface area contributed by atoms with E-state index in [0.29, 0.717) is 0 Å². The van der Waals surface area contributed by atoms with Crippen molar-refractivity contribution in [2.24, 2.45) is 0 Å². The molecule has 2 rings (SSSR count). The Morgan fingerprint density at radius 1 is 1.11 bits per heavy atom. The number of rotatable bonds is 4. The molecule has 1 aromatic heterocycles. The molecule has 4 heteroatoms. The van der Waals surface area contributed by atoms with Gasteiger partial charge in [-0.3, -0.25) is 4.98 Å². The van der Waals surface area contributed by atoms with Crippen LogP contribution in [0.5, 0.6) is 5.75 Å². The first-order valence-electron chi connectivity index (χ1n) is 5.89. The van der Waals surface area contributed by atoms with Gasteiger partial charge in [0.1, 0.15) is 11.6 Å². The first-order chi connectivity index (χ1) is 8.70. The molecule has 0 spiro atoms. The van der Waals surface area contributed by atoms with Gasteiger partial charge in [0.2, 0.25) is 0 Å². The summed E-state index contributed by atoms with van der Waals surface area (Å²) in [5.74, 6) is 1.68. The summed E-state index contributed by atoms with van der Waals surface area (Å²) in [5, 5.41) is 3.35. The van der Waals surface area contributed by atoms with E-state index in [-0.39, 0.29) is 6.04 Å². The molecule has 4 nitrogen and oxygen atoms in total. The minimum absolute atomic E-state index is 0.173. The maximum Gasteiger partial charge on any atom is 0.147 e. The number of ether oxygens (including phenoxy) is 1. The number of nitrogens with one attached hydrogen (secondary N) is 1. The molecule has 0 fully saturated rings. The summed E-state index contributed by atoms with van der Waals surface area (Å²) < 4.78 is 5.14. The average Bonchev–Trinajstić information content (AvgIpc) is 2.41. The van der Waals surface area contributed by atoms with E-state index in [4.69, 9.17) is 4.74 Å². The number of aromatic nitrogens is 2. The van der Waals surface area contributed by atoms with Crippen molar-refractivity contribution < 1.29 is 4.74 Å². The molecule has 1 heterocycles. The second kappa shape index (κ2) is 5.49. The molecule has 0 aliphatic rings. The summed E-state index contributed by atoms with van der Waals surface area (Å²) in [6, 6.07) is 8.17. The van der Waals surface area contributed by atoms with Gasteiger partial charge in [-0.2, -0.15) is 0 Å². The van der Waals surface area contributed by atoms with Gasteiger partial charge in [0.25, 0.3) is 0 Å². The van der Waals surface area contributed by atoms with Crippen LogP contribution in [0.3, 0.4) is 0 Å². The zero-order valence-corrected chi connectivity index (χ0v) is 10.8. The molecule has 1 N–H and O–H groups in total. The third-order valence-corrected chi connectivity index (χ3v) is 2.85. The molecule has 0 aliphatic carbocycles. The lowest BCUT2D eigenvalue weighted by molar-refractivity contribution is 0.414. The fourth-order valence-corrected chi connectivity index (χ4v) is 1.73. The molecule has 0 saturated heterocycles. The van der Waals surface area contributed by atoms with Crippen molar-refractivity contribution in [3.63, 3.8) is 0 Å². The van der Waals surface area contributed by atoms with Gasteiger partial charge in [-0.15, -0.1) is 0 Å². The highest BCUT2D eigenvalue weighted by molar-refractivity contribution is 5.42. The number of benzene rings is 1. The molecule has 0 saturated carbocycles. The molecule has 1 atom stereocenters. The van der Waals surface area contributed by atoms with Gasteiger partial charge < -0.3 is 10.1 Å². The number of aryl methyl sites for hydroxylation is 1. The first kappa shape index (κ1) is 12.4. The Morgan fingerprint density at radius 2 is 1.78 bits per heavy atom. The van der Waals surface area contributed by atoms with Crippen LogP contribution in [0.4, 0.5) is 5.82 Å². The summed E-state index contributed by atoms with van der Waals surface area (Å²) in [7, 11) is 1.67. The van der Waals surface area contributed by atoms with Crippen molar-refractivity contribution >= 4 is 5.82 Å². The van der Waals surface area contributed by atoms with Crippen molar-refractivity contribution in [2.75, 3.05) is 12.4 Å². The standard InChI is InChI=1S/C14H17N3O/c1-10(12-4-6-13(18-3)7-5-12)17-14-11(2)15-8-9-16-14/h4-10H,1-3H3,(H,16,17). The highest BCUT2D eigenvalue weighted by atomic mass is 16.5. The summed E-state index contributed by atoms with van der Waals surface area (Å²) in [5.41, 5.74) is 2.08. The van der Waals surface area contributed by atoms with E-state index in [0.717, 1.165) is 17.3 Å². The Balaban J connectivity index is 2.11. The molecule has 94 valence electrons. The van der Waals surface area contributed by atoms with Gasteiger partial charge in [-0.05, 0) is 31.5 Å². The highest BCUT2D eigenvalue weighted by Crippen LogP contribution is 2.21. The molecule has 0 bridgehead atoms. The second-order valence-electron chi connectivity index (χ2n) is 4.13. The first-order valence-corrected chi connectivity index (χ1v) is 5.89. The Morgan fingerprint density at radius 3 is 2.39 bits per heavy atom. The monoisotopic (exact) mass is 243 g/mol. The molecule has 0 radical (unpaired) electrons. The van der Waals surface area contributed by atoms with Crippen LogP contribution < -0.4 is 10.1 Å². The van der Waals surface area contributed by atoms with Crippen LogP contribution in [0.2, 0.25) is 0 Å². The maximum absolute atomic E-state index is 5.14. The lowest BCUT2D eigenvalue weighted by Gasteiger charge is -2.16. The topological polar surface area (TPSA) is 47.0 Å². The van der Waals surface area contributed by atoms with Crippen LogP contribution in [0.15, 0.2) is 36.7 Å². The van der Waals surface area contributed by atoms with E-state index in [1.807, 2.05) is 31.2 Å². The predicted molar refractivity (Wildman–Crippen MR) is 71.8 cm³/mol. The van der Waals surface area contributed by atoms with Crippen LogP contribution >= 0.6 is 0 Å². The van der Waals surface area contributed by atoms with Gasteiger partial charge >= 0.3 is 0 Å². The third kappa shape index (κ3) is 2.77. The van der Waals surface area contributed by atoms with Crippen molar-refractivity contribution in [2.45, 2.75) is 19.9 Å². The molecular weight excluding hydrogens is 226 g/mol. The molecule has 2 aromatic rings. The summed E-state index contributed by atoms with van der Waals surface area (Å²) in [6.07, 6.45) is 3.38. The quantitative estimate of drug-likeness (QED) is 0.896. The number of anilines is 1. The van der Waals surface area contributed by atoms with Gasteiger partial charge in [-0.25, -0.2) is 4.98 Å². The van der Waals surface area contributed by atoms with Crippen molar-refractivity contribution in [3.05, 3.63) is 47.9 Å². The van der Waals surface area contributed by atoms with E-state index in [1.165, 1.54) is 5.56 Å². The van der Waals surface area contributed by atoms with Crippen molar-refractivity contribution in [1.29, 1.82) is 0 Å². The summed E-state index contributed by atoms with van der Waals surface area (Å²) in [4.78, 5) is 8.49. The van der Waals surface area contributed by atoms with Gasteiger partial charge in [0, 0.05) is 12.4 Å². The summed E-state index contributed by atoms with van der Waals surface area (Å²) >= 11 is 0. The Kier molecular flexibility index (Phi) is 3.77. The van der Waals surface area contributed by atoms with Crippen molar-refractivity contribution in [1.82, 2.24) is 9.97 Å². The molecule has 1 unspecified atom stereocenters. The number of hydrogen-bond acceptors (Lipinski definition) is 4. The largest absolute Gasteiger partial charge is 0.497 e. The van der Waals surface area contributed by atoms with Crippen LogP contribution in [0, 0.1) is 6.92 Å². The minimum Gasteiger partial charge on any atom is -0.497 e. The van der Waals surface area contributed by atoms with Crippen molar-refractivity contribution in [3.8, 4) is 5.75 Å². The normalized spacial score (nSPS) is 11.9. The zero-order chi connectivity index (χ0) is 13.0. The average molecular weight is 243 g/mol. The maximum atomic E-state index is 5.14. The molecule has 0 aliphatic heterocycles. The lowest BCUT2D eigenvalue weighted by Crippen LogP contribution is -2.09. The fraction of sp³-hybridized carbons (Fsp3) is 0.286. The second-order valence-corrected chi connectivity index (χ2v) is 4.13. The summed E-state index contributed by atoms with van der Waals surface area (Å²) in [6.45, 7) is 4.03. The number of methoxy groups -OCH3 is 1.